The van der Waals surface area contributed by atoms with E-state index < -0.39 is 17.7 Å². The highest BCUT2D eigenvalue weighted by atomic mass is 32.1. The Labute approximate surface area is 115 Å². The van der Waals surface area contributed by atoms with Gasteiger partial charge in [-0.05, 0) is 18.2 Å². The number of thiocarbonyl (C=S) groups is 1. The number of halogens is 1. The summed E-state index contributed by atoms with van der Waals surface area (Å²) in [4.78, 5) is 25.2. The lowest BCUT2D eigenvalue weighted by Gasteiger charge is -2.18. The summed E-state index contributed by atoms with van der Waals surface area (Å²) >= 11 is 4.84. The number of amides is 2. The first-order valence-corrected chi connectivity index (χ1v) is 6.22. The second-order valence-corrected chi connectivity index (χ2v) is 5.05. The molecule has 1 aromatic rings. The zero-order valence-electron chi connectivity index (χ0n) is 10.5. The standard InChI is InChI=1S/C13H13FN2O2S/c1-6-7(2)13(18)16(12(6)17)10-4-3-8(14)5-9(10)11(15)19/h3-7H,1-2H3,(H2,15,19). The van der Waals surface area contributed by atoms with E-state index in [2.05, 4.69) is 0 Å². The van der Waals surface area contributed by atoms with Crippen LogP contribution in [-0.4, -0.2) is 16.8 Å². The van der Waals surface area contributed by atoms with Crippen molar-refractivity contribution in [3.63, 3.8) is 0 Å². The monoisotopic (exact) mass is 280 g/mol. The van der Waals surface area contributed by atoms with Crippen LogP contribution in [0.4, 0.5) is 10.1 Å². The quantitative estimate of drug-likeness (QED) is 0.660. The van der Waals surface area contributed by atoms with Gasteiger partial charge in [-0.25, -0.2) is 9.29 Å². The average Bonchev–Trinajstić information content (AvgIpc) is 2.54. The van der Waals surface area contributed by atoms with Crippen LogP contribution in [0.3, 0.4) is 0 Å². The zero-order chi connectivity index (χ0) is 14.3. The minimum absolute atomic E-state index is 0.0534. The summed E-state index contributed by atoms with van der Waals surface area (Å²) < 4.78 is 13.2. The van der Waals surface area contributed by atoms with E-state index in [4.69, 9.17) is 18.0 Å². The van der Waals surface area contributed by atoms with Crippen LogP contribution in [0.5, 0.6) is 0 Å². The molecule has 0 bridgehead atoms. The normalized spacial score (nSPS) is 23.0. The number of carbonyl (C=O) groups is 2. The molecule has 6 heteroatoms. The highest BCUT2D eigenvalue weighted by molar-refractivity contribution is 7.80. The lowest BCUT2D eigenvalue weighted by molar-refractivity contribution is -0.122. The smallest absolute Gasteiger partial charge is 0.237 e. The van der Waals surface area contributed by atoms with Crippen molar-refractivity contribution in [2.45, 2.75) is 13.8 Å². The van der Waals surface area contributed by atoms with Gasteiger partial charge in [-0.1, -0.05) is 26.1 Å². The fourth-order valence-electron chi connectivity index (χ4n) is 2.08. The Hall–Kier alpha value is -1.82. The Bertz CT molecular complexity index is 568. The van der Waals surface area contributed by atoms with Gasteiger partial charge in [-0.15, -0.1) is 0 Å². The number of rotatable bonds is 2. The van der Waals surface area contributed by atoms with Gasteiger partial charge in [0.1, 0.15) is 10.8 Å². The summed E-state index contributed by atoms with van der Waals surface area (Å²) in [6.07, 6.45) is 0. The van der Waals surface area contributed by atoms with Crippen molar-refractivity contribution in [3.05, 3.63) is 29.6 Å². The van der Waals surface area contributed by atoms with Crippen LogP contribution in [0.15, 0.2) is 18.2 Å². The Morgan fingerprint density at radius 3 is 2.26 bits per heavy atom. The molecule has 1 fully saturated rings. The minimum Gasteiger partial charge on any atom is -0.389 e. The van der Waals surface area contributed by atoms with E-state index >= 15 is 0 Å². The summed E-state index contributed by atoms with van der Waals surface area (Å²) in [6, 6.07) is 3.65. The number of nitrogens with two attached hydrogens (primary N) is 1. The summed E-state index contributed by atoms with van der Waals surface area (Å²) in [5, 5.41) is 0. The summed E-state index contributed by atoms with van der Waals surface area (Å²) in [5.74, 6) is -1.97. The van der Waals surface area contributed by atoms with Crippen LogP contribution in [-0.2, 0) is 9.59 Å². The Balaban J connectivity index is 2.57. The molecular formula is C13H13FN2O2S. The van der Waals surface area contributed by atoms with Gasteiger partial charge >= 0.3 is 0 Å². The predicted octanol–water partition coefficient (Wildman–Crippen LogP) is 1.61. The summed E-state index contributed by atoms with van der Waals surface area (Å²) in [6.45, 7) is 3.38. The molecule has 2 atom stereocenters. The van der Waals surface area contributed by atoms with Gasteiger partial charge in [0.2, 0.25) is 11.8 Å². The van der Waals surface area contributed by atoms with E-state index in [0.717, 1.165) is 11.0 Å². The number of carbonyl (C=O) groups excluding carboxylic acids is 2. The van der Waals surface area contributed by atoms with Crippen LogP contribution in [0.2, 0.25) is 0 Å². The van der Waals surface area contributed by atoms with Crippen molar-refractivity contribution >= 4 is 34.7 Å². The second kappa shape index (κ2) is 4.70. The van der Waals surface area contributed by atoms with Crippen LogP contribution >= 0.6 is 12.2 Å². The van der Waals surface area contributed by atoms with E-state index in [0.29, 0.717) is 0 Å². The van der Waals surface area contributed by atoms with E-state index in [1.165, 1.54) is 12.1 Å². The summed E-state index contributed by atoms with van der Waals surface area (Å²) in [7, 11) is 0. The number of anilines is 1. The fourth-order valence-corrected chi connectivity index (χ4v) is 2.25. The molecule has 0 saturated carbocycles. The molecule has 2 amide bonds. The minimum atomic E-state index is -0.522. The number of benzene rings is 1. The molecule has 0 radical (unpaired) electrons. The molecule has 1 heterocycles. The Morgan fingerprint density at radius 2 is 1.79 bits per heavy atom. The van der Waals surface area contributed by atoms with Crippen molar-refractivity contribution in [2.75, 3.05) is 4.90 Å². The molecule has 1 saturated heterocycles. The number of nitrogens with zero attached hydrogens (tertiary/aromatic N) is 1. The van der Waals surface area contributed by atoms with Crippen molar-refractivity contribution in [3.8, 4) is 0 Å². The van der Waals surface area contributed by atoms with Crippen LogP contribution in [0.25, 0.3) is 0 Å². The number of hydrogen-bond acceptors (Lipinski definition) is 3. The van der Waals surface area contributed by atoms with Gasteiger partial charge in [0.05, 0.1) is 5.69 Å². The molecule has 0 aromatic heterocycles. The molecule has 19 heavy (non-hydrogen) atoms. The third-order valence-electron chi connectivity index (χ3n) is 3.43. The first-order chi connectivity index (χ1) is 8.84. The molecule has 100 valence electrons. The van der Waals surface area contributed by atoms with E-state index in [-0.39, 0.29) is 28.1 Å². The molecule has 1 aliphatic rings. The van der Waals surface area contributed by atoms with Crippen LogP contribution < -0.4 is 10.6 Å². The lowest BCUT2D eigenvalue weighted by Crippen LogP contribution is -2.32. The van der Waals surface area contributed by atoms with Gasteiger partial charge in [0.25, 0.3) is 0 Å². The molecular weight excluding hydrogens is 267 g/mol. The van der Waals surface area contributed by atoms with Crippen molar-refractivity contribution < 1.29 is 14.0 Å². The lowest BCUT2D eigenvalue weighted by atomic mass is 10.00. The fraction of sp³-hybridized carbons (Fsp3) is 0.308. The molecule has 4 nitrogen and oxygen atoms in total. The zero-order valence-corrected chi connectivity index (χ0v) is 11.3. The van der Waals surface area contributed by atoms with Crippen molar-refractivity contribution in [1.82, 2.24) is 0 Å². The predicted molar refractivity (Wildman–Crippen MR) is 73.1 cm³/mol. The van der Waals surface area contributed by atoms with Gasteiger partial charge < -0.3 is 5.73 Å². The highest BCUT2D eigenvalue weighted by Gasteiger charge is 2.43. The SMILES string of the molecule is CC1C(=O)N(c2ccc(F)cc2C(N)=S)C(=O)C1C. The molecule has 2 unspecified atom stereocenters. The Morgan fingerprint density at radius 1 is 1.26 bits per heavy atom. The third kappa shape index (κ3) is 2.12. The molecule has 0 spiro atoms. The largest absolute Gasteiger partial charge is 0.389 e. The maximum absolute atomic E-state index is 13.2. The number of imide groups is 1. The van der Waals surface area contributed by atoms with E-state index in [9.17, 15) is 14.0 Å². The van der Waals surface area contributed by atoms with Gasteiger partial charge in [-0.2, -0.15) is 0 Å². The van der Waals surface area contributed by atoms with Gasteiger partial charge in [0, 0.05) is 17.4 Å². The second-order valence-electron chi connectivity index (χ2n) is 4.61. The molecule has 1 aromatic carbocycles. The topological polar surface area (TPSA) is 63.4 Å². The number of hydrogen-bond donors (Lipinski definition) is 1. The molecule has 1 aliphatic heterocycles. The van der Waals surface area contributed by atoms with E-state index in [1.807, 2.05) is 0 Å². The molecule has 2 rings (SSSR count). The third-order valence-corrected chi connectivity index (χ3v) is 3.65. The van der Waals surface area contributed by atoms with Gasteiger partial charge in [0.15, 0.2) is 0 Å². The van der Waals surface area contributed by atoms with Gasteiger partial charge in [-0.3, -0.25) is 9.59 Å². The molecule has 0 aliphatic carbocycles. The maximum Gasteiger partial charge on any atom is 0.237 e. The Kier molecular flexibility index (Phi) is 3.36. The first kappa shape index (κ1) is 13.6. The van der Waals surface area contributed by atoms with Crippen molar-refractivity contribution in [2.24, 2.45) is 17.6 Å². The summed E-state index contributed by atoms with van der Waals surface area (Å²) in [5.41, 5.74) is 5.97. The molecule has 2 N–H and O–H groups in total. The maximum atomic E-state index is 13.2. The van der Waals surface area contributed by atoms with Crippen molar-refractivity contribution in [1.29, 1.82) is 0 Å². The average molecular weight is 280 g/mol. The van der Waals surface area contributed by atoms with Crippen LogP contribution in [0.1, 0.15) is 19.4 Å². The van der Waals surface area contributed by atoms with Crippen LogP contribution in [0, 0.1) is 17.7 Å². The van der Waals surface area contributed by atoms with E-state index in [1.54, 1.807) is 13.8 Å². The first-order valence-electron chi connectivity index (χ1n) is 5.81. The highest BCUT2D eigenvalue weighted by Crippen LogP contribution is 2.32.